The molecule has 0 amide bonds. The molecule has 16 heavy (non-hydrogen) atoms. The topological polar surface area (TPSA) is 63.6 Å². The van der Waals surface area contributed by atoms with Crippen molar-refractivity contribution in [3.8, 4) is 0 Å². The maximum absolute atomic E-state index is 11.1. The van der Waals surface area contributed by atoms with Gasteiger partial charge in [0, 0.05) is 0 Å². The van der Waals surface area contributed by atoms with Gasteiger partial charge in [0.1, 0.15) is 12.5 Å². The van der Waals surface area contributed by atoms with E-state index in [1.54, 1.807) is 0 Å². The Morgan fingerprint density at radius 2 is 1.88 bits per heavy atom. The third kappa shape index (κ3) is 4.64. The van der Waals surface area contributed by atoms with Crippen molar-refractivity contribution >= 4 is 11.9 Å². The molecule has 0 saturated heterocycles. The van der Waals surface area contributed by atoms with Gasteiger partial charge in [-0.2, -0.15) is 0 Å². The normalized spacial score (nSPS) is 25.1. The number of ether oxygens (including phenoxy) is 1. The molecular weight excluding hydrogens is 208 g/mol. The Kier molecular flexibility index (Phi) is 5.29. The number of aliphatic carboxylic acids is 1. The summed E-state index contributed by atoms with van der Waals surface area (Å²) in [4.78, 5) is 21.4. The van der Waals surface area contributed by atoms with Crippen LogP contribution in [0.4, 0.5) is 0 Å². The van der Waals surface area contributed by atoms with Crippen LogP contribution in [-0.4, -0.2) is 23.1 Å². The fourth-order valence-corrected chi connectivity index (χ4v) is 2.30. The fraction of sp³-hybridized carbons (Fsp3) is 0.833. The van der Waals surface area contributed by atoms with Gasteiger partial charge in [0.2, 0.25) is 0 Å². The molecule has 0 bridgehead atoms. The summed E-state index contributed by atoms with van der Waals surface area (Å²) in [5.41, 5.74) is 0. The number of esters is 1. The zero-order chi connectivity index (χ0) is 12.0. The first kappa shape index (κ1) is 13.0. The van der Waals surface area contributed by atoms with E-state index < -0.39 is 18.4 Å². The lowest BCUT2D eigenvalue weighted by molar-refractivity contribution is -0.156. The summed E-state index contributed by atoms with van der Waals surface area (Å²) < 4.78 is 5.11. The average Bonchev–Trinajstić information content (AvgIpc) is 2.20. The fourth-order valence-electron chi connectivity index (χ4n) is 2.30. The molecule has 0 aromatic rings. The molecule has 1 fully saturated rings. The van der Waals surface area contributed by atoms with E-state index in [0.717, 1.165) is 31.6 Å². The number of carboxylic acids is 1. The van der Waals surface area contributed by atoms with Crippen LogP contribution in [-0.2, 0) is 14.3 Å². The lowest BCUT2D eigenvalue weighted by atomic mass is 9.85. The van der Waals surface area contributed by atoms with Gasteiger partial charge in [0.15, 0.2) is 0 Å². The van der Waals surface area contributed by atoms with Crippen LogP contribution < -0.4 is 0 Å². The molecule has 92 valence electrons. The minimum atomic E-state index is -1.12. The van der Waals surface area contributed by atoms with Crippen LogP contribution in [0.25, 0.3) is 0 Å². The highest BCUT2D eigenvalue weighted by Crippen LogP contribution is 2.29. The van der Waals surface area contributed by atoms with Gasteiger partial charge in [-0.15, -0.1) is 0 Å². The van der Waals surface area contributed by atoms with E-state index >= 15 is 0 Å². The smallest absolute Gasteiger partial charge is 0.317 e. The van der Waals surface area contributed by atoms with Crippen molar-refractivity contribution in [3.05, 3.63) is 0 Å². The van der Waals surface area contributed by atoms with Gasteiger partial charge in [-0.05, 0) is 31.6 Å². The van der Waals surface area contributed by atoms with E-state index in [1.165, 1.54) is 12.8 Å². The molecule has 0 aromatic heterocycles. The van der Waals surface area contributed by atoms with Crippen LogP contribution >= 0.6 is 0 Å². The Morgan fingerprint density at radius 3 is 2.38 bits per heavy atom. The standard InChI is InChI=1S/C12H20O4/c1-2-3-9-4-6-10(7-5-9)16-12(15)8-11(13)14/h9-10H,2-8H2,1H3,(H,13,14). The van der Waals surface area contributed by atoms with Gasteiger partial charge in [0.05, 0.1) is 0 Å². The molecule has 1 aliphatic carbocycles. The van der Waals surface area contributed by atoms with Gasteiger partial charge in [0.25, 0.3) is 0 Å². The summed E-state index contributed by atoms with van der Waals surface area (Å²) in [6.07, 6.45) is 5.84. The molecule has 0 heterocycles. The second-order valence-electron chi connectivity index (χ2n) is 4.49. The van der Waals surface area contributed by atoms with Crippen LogP contribution in [0.15, 0.2) is 0 Å². The molecular formula is C12H20O4. The lowest BCUT2D eigenvalue weighted by Gasteiger charge is -2.27. The van der Waals surface area contributed by atoms with Crippen molar-refractivity contribution in [1.82, 2.24) is 0 Å². The SMILES string of the molecule is CCCC1CCC(OC(=O)CC(=O)O)CC1. The monoisotopic (exact) mass is 228 g/mol. The van der Waals surface area contributed by atoms with Gasteiger partial charge in [-0.1, -0.05) is 19.8 Å². The number of carboxylic acid groups (broad SMARTS) is 1. The second-order valence-corrected chi connectivity index (χ2v) is 4.49. The van der Waals surface area contributed by atoms with E-state index in [-0.39, 0.29) is 6.10 Å². The lowest BCUT2D eigenvalue weighted by Crippen LogP contribution is -2.25. The van der Waals surface area contributed by atoms with Crippen molar-refractivity contribution in [1.29, 1.82) is 0 Å². The quantitative estimate of drug-likeness (QED) is 0.579. The number of rotatable bonds is 5. The molecule has 0 aliphatic heterocycles. The van der Waals surface area contributed by atoms with E-state index in [1.807, 2.05) is 0 Å². The second kappa shape index (κ2) is 6.51. The highest BCUT2D eigenvalue weighted by atomic mass is 16.5. The summed E-state index contributed by atoms with van der Waals surface area (Å²) in [7, 11) is 0. The van der Waals surface area contributed by atoms with Gasteiger partial charge in [-0.25, -0.2) is 0 Å². The summed E-state index contributed by atoms with van der Waals surface area (Å²) in [5, 5.41) is 8.42. The molecule has 0 atom stereocenters. The molecule has 0 unspecified atom stereocenters. The highest BCUT2D eigenvalue weighted by Gasteiger charge is 2.23. The third-order valence-corrected chi connectivity index (χ3v) is 3.08. The highest BCUT2D eigenvalue weighted by molar-refractivity contribution is 5.90. The Morgan fingerprint density at radius 1 is 1.25 bits per heavy atom. The molecule has 0 aromatic carbocycles. The predicted molar refractivity (Wildman–Crippen MR) is 59.0 cm³/mol. The minimum Gasteiger partial charge on any atom is -0.481 e. The van der Waals surface area contributed by atoms with Crippen LogP contribution in [0, 0.1) is 5.92 Å². The van der Waals surface area contributed by atoms with Gasteiger partial charge >= 0.3 is 11.9 Å². The molecule has 0 radical (unpaired) electrons. The van der Waals surface area contributed by atoms with Crippen molar-refractivity contribution in [2.24, 2.45) is 5.92 Å². The van der Waals surface area contributed by atoms with Crippen molar-refractivity contribution in [3.63, 3.8) is 0 Å². The van der Waals surface area contributed by atoms with Crippen LogP contribution in [0.1, 0.15) is 51.9 Å². The largest absolute Gasteiger partial charge is 0.481 e. The zero-order valence-corrected chi connectivity index (χ0v) is 9.78. The predicted octanol–water partition coefficient (Wildman–Crippen LogP) is 2.36. The maximum atomic E-state index is 11.1. The number of hydrogen-bond donors (Lipinski definition) is 1. The zero-order valence-electron chi connectivity index (χ0n) is 9.78. The first-order valence-corrected chi connectivity index (χ1v) is 6.03. The van der Waals surface area contributed by atoms with Gasteiger partial charge < -0.3 is 9.84 Å². The molecule has 4 nitrogen and oxygen atoms in total. The van der Waals surface area contributed by atoms with Crippen LogP contribution in [0.2, 0.25) is 0 Å². The molecule has 4 heteroatoms. The van der Waals surface area contributed by atoms with Gasteiger partial charge in [-0.3, -0.25) is 9.59 Å². The van der Waals surface area contributed by atoms with Crippen molar-refractivity contribution in [2.75, 3.05) is 0 Å². The molecule has 1 saturated carbocycles. The van der Waals surface area contributed by atoms with Crippen LogP contribution in [0.3, 0.4) is 0 Å². The Labute approximate surface area is 96.0 Å². The first-order valence-electron chi connectivity index (χ1n) is 6.03. The van der Waals surface area contributed by atoms with Crippen molar-refractivity contribution in [2.45, 2.75) is 58.0 Å². The Balaban J connectivity index is 2.21. The van der Waals surface area contributed by atoms with E-state index in [0.29, 0.717) is 0 Å². The first-order chi connectivity index (χ1) is 7.61. The average molecular weight is 228 g/mol. The molecule has 1 aliphatic rings. The maximum Gasteiger partial charge on any atom is 0.317 e. The number of hydrogen-bond acceptors (Lipinski definition) is 3. The number of carbonyl (C=O) groups is 2. The summed E-state index contributed by atoms with van der Waals surface area (Å²) in [6.45, 7) is 2.18. The van der Waals surface area contributed by atoms with E-state index in [4.69, 9.17) is 9.84 Å². The number of carbonyl (C=O) groups excluding carboxylic acids is 1. The molecule has 0 spiro atoms. The Bertz CT molecular complexity index is 241. The summed E-state index contributed by atoms with van der Waals surface area (Å²) in [5.74, 6) is -0.962. The minimum absolute atomic E-state index is 0.0556. The van der Waals surface area contributed by atoms with Crippen LogP contribution in [0.5, 0.6) is 0 Å². The molecule has 1 rings (SSSR count). The summed E-state index contributed by atoms with van der Waals surface area (Å²) >= 11 is 0. The summed E-state index contributed by atoms with van der Waals surface area (Å²) in [6, 6.07) is 0. The van der Waals surface area contributed by atoms with Crippen molar-refractivity contribution < 1.29 is 19.4 Å². The third-order valence-electron chi connectivity index (χ3n) is 3.08. The van der Waals surface area contributed by atoms with E-state index in [9.17, 15) is 9.59 Å². The Hall–Kier alpha value is -1.06. The van der Waals surface area contributed by atoms with E-state index in [2.05, 4.69) is 6.92 Å². The molecule has 1 N–H and O–H groups in total.